The number of rotatable bonds is 0. The second-order valence-corrected chi connectivity index (χ2v) is 4.69. The van der Waals surface area contributed by atoms with Gasteiger partial charge >= 0.3 is 0 Å². The Balaban J connectivity index is 2.04. The molecule has 0 aromatic heterocycles. The van der Waals surface area contributed by atoms with Crippen LogP contribution in [0.5, 0.6) is 0 Å². The molecule has 2 aliphatic rings. The average molecular weight is 216 g/mol. The van der Waals surface area contributed by atoms with Crippen molar-refractivity contribution in [3.63, 3.8) is 0 Å². The van der Waals surface area contributed by atoms with E-state index in [9.17, 15) is 4.79 Å². The topological polar surface area (TPSA) is 32.3 Å². The number of aryl methyl sites for hydroxylation is 1. The van der Waals surface area contributed by atoms with Gasteiger partial charge < -0.3 is 10.2 Å². The van der Waals surface area contributed by atoms with E-state index in [-0.39, 0.29) is 11.9 Å². The van der Waals surface area contributed by atoms with Crippen LogP contribution in [0.4, 0.5) is 0 Å². The average Bonchev–Trinajstić information content (AvgIpc) is 2.29. The molecule has 0 radical (unpaired) electrons. The van der Waals surface area contributed by atoms with E-state index in [1.165, 1.54) is 16.7 Å². The van der Waals surface area contributed by atoms with Crippen molar-refractivity contribution in [3.8, 4) is 0 Å². The first-order valence-corrected chi connectivity index (χ1v) is 5.85. The number of hydrogen-bond acceptors (Lipinski definition) is 2. The maximum Gasteiger partial charge on any atom is 0.237 e. The first kappa shape index (κ1) is 9.85. The van der Waals surface area contributed by atoms with Gasteiger partial charge in [0.2, 0.25) is 5.91 Å². The highest BCUT2D eigenvalue weighted by atomic mass is 16.2. The highest BCUT2D eigenvalue weighted by Crippen LogP contribution is 2.31. The summed E-state index contributed by atoms with van der Waals surface area (Å²) in [6, 6.07) is 6.85. The molecule has 2 heterocycles. The number of benzene rings is 1. The minimum absolute atomic E-state index is 0.239. The van der Waals surface area contributed by atoms with Gasteiger partial charge in [-0.15, -0.1) is 0 Å². The Morgan fingerprint density at radius 1 is 1.44 bits per heavy atom. The molecule has 0 bridgehead atoms. The Bertz CT molecular complexity index is 442. The summed E-state index contributed by atoms with van der Waals surface area (Å²) in [7, 11) is 0. The monoisotopic (exact) mass is 216 g/mol. The quantitative estimate of drug-likeness (QED) is 0.702. The van der Waals surface area contributed by atoms with Crippen LogP contribution in [-0.2, 0) is 11.2 Å². The standard InChI is InChI=1S/C13H16N2O/c1-9-2-3-10-4-5-15-12(11(10)6-9)7-14-8-13(15)16/h2-3,6,12,14H,4-5,7-8H2,1H3/t12-/m1/s1. The molecule has 0 unspecified atom stereocenters. The van der Waals surface area contributed by atoms with Gasteiger partial charge in [0.25, 0.3) is 0 Å². The smallest absolute Gasteiger partial charge is 0.237 e. The second kappa shape index (κ2) is 3.59. The number of carbonyl (C=O) groups excluding carboxylic acids is 1. The Labute approximate surface area is 95.4 Å². The molecule has 3 rings (SSSR count). The van der Waals surface area contributed by atoms with Crippen LogP contribution in [0.15, 0.2) is 18.2 Å². The molecule has 1 atom stereocenters. The molecular formula is C13H16N2O. The van der Waals surface area contributed by atoms with Gasteiger partial charge in [-0.2, -0.15) is 0 Å². The van der Waals surface area contributed by atoms with Gasteiger partial charge in [-0.05, 0) is 24.5 Å². The molecular weight excluding hydrogens is 200 g/mol. The largest absolute Gasteiger partial charge is 0.333 e. The summed E-state index contributed by atoms with van der Waals surface area (Å²) < 4.78 is 0. The van der Waals surface area contributed by atoms with Crippen LogP contribution < -0.4 is 5.32 Å². The van der Waals surface area contributed by atoms with Crippen LogP contribution in [0, 0.1) is 6.92 Å². The lowest BCUT2D eigenvalue weighted by Crippen LogP contribution is -2.52. The van der Waals surface area contributed by atoms with Crippen LogP contribution in [0.2, 0.25) is 0 Å². The van der Waals surface area contributed by atoms with E-state index in [1.807, 2.05) is 4.90 Å². The summed E-state index contributed by atoms with van der Waals surface area (Å²) in [6.07, 6.45) is 0.998. The molecule has 84 valence electrons. The molecule has 1 saturated heterocycles. The van der Waals surface area contributed by atoms with Crippen molar-refractivity contribution in [1.29, 1.82) is 0 Å². The molecule has 1 N–H and O–H groups in total. The first-order chi connectivity index (χ1) is 7.75. The zero-order chi connectivity index (χ0) is 11.1. The van der Waals surface area contributed by atoms with E-state index in [0.717, 1.165) is 19.5 Å². The third kappa shape index (κ3) is 1.43. The third-order valence-electron chi connectivity index (χ3n) is 3.59. The molecule has 0 saturated carbocycles. The van der Waals surface area contributed by atoms with Gasteiger partial charge in [0.05, 0.1) is 12.6 Å². The van der Waals surface area contributed by atoms with Gasteiger partial charge in [0.15, 0.2) is 0 Å². The van der Waals surface area contributed by atoms with Gasteiger partial charge in [0.1, 0.15) is 0 Å². The van der Waals surface area contributed by atoms with Crippen molar-refractivity contribution in [1.82, 2.24) is 10.2 Å². The minimum Gasteiger partial charge on any atom is -0.333 e. The van der Waals surface area contributed by atoms with Crippen LogP contribution in [0.1, 0.15) is 22.7 Å². The van der Waals surface area contributed by atoms with Crippen molar-refractivity contribution in [2.75, 3.05) is 19.6 Å². The lowest BCUT2D eigenvalue weighted by molar-refractivity contribution is -0.135. The third-order valence-corrected chi connectivity index (χ3v) is 3.59. The summed E-state index contributed by atoms with van der Waals surface area (Å²) in [5, 5.41) is 3.20. The Hall–Kier alpha value is -1.35. The molecule has 0 aliphatic carbocycles. The van der Waals surface area contributed by atoms with E-state index in [0.29, 0.717) is 6.54 Å². The molecule has 2 aliphatic heterocycles. The van der Waals surface area contributed by atoms with Gasteiger partial charge in [-0.25, -0.2) is 0 Å². The molecule has 1 aromatic carbocycles. The number of nitrogens with one attached hydrogen (secondary N) is 1. The molecule has 1 amide bonds. The maximum atomic E-state index is 11.8. The lowest BCUT2D eigenvalue weighted by Gasteiger charge is -2.40. The predicted molar refractivity (Wildman–Crippen MR) is 62.2 cm³/mol. The van der Waals surface area contributed by atoms with E-state index in [4.69, 9.17) is 0 Å². The van der Waals surface area contributed by atoms with E-state index >= 15 is 0 Å². The molecule has 16 heavy (non-hydrogen) atoms. The fourth-order valence-corrected chi connectivity index (χ4v) is 2.75. The number of fused-ring (bicyclic) bond motifs is 3. The van der Waals surface area contributed by atoms with Crippen molar-refractivity contribution >= 4 is 5.91 Å². The number of hydrogen-bond donors (Lipinski definition) is 1. The van der Waals surface area contributed by atoms with Crippen molar-refractivity contribution in [2.45, 2.75) is 19.4 Å². The van der Waals surface area contributed by atoms with E-state index in [1.54, 1.807) is 0 Å². The fraction of sp³-hybridized carbons (Fsp3) is 0.462. The number of nitrogens with zero attached hydrogens (tertiary/aromatic N) is 1. The summed E-state index contributed by atoms with van der Waals surface area (Å²) in [4.78, 5) is 13.8. The van der Waals surface area contributed by atoms with Crippen molar-refractivity contribution < 1.29 is 4.79 Å². The minimum atomic E-state index is 0.239. The molecule has 3 heteroatoms. The Morgan fingerprint density at radius 2 is 2.31 bits per heavy atom. The van der Waals surface area contributed by atoms with Gasteiger partial charge in [-0.1, -0.05) is 23.8 Å². The van der Waals surface area contributed by atoms with Gasteiger partial charge in [0, 0.05) is 13.1 Å². The van der Waals surface area contributed by atoms with Crippen molar-refractivity contribution in [3.05, 3.63) is 34.9 Å². The van der Waals surface area contributed by atoms with E-state index in [2.05, 4.69) is 30.4 Å². The molecule has 1 fully saturated rings. The highest BCUT2D eigenvalue weighted by molar-refractivity contribution is 5.80. The zero-order valence-electron chi connectivity index (χ0n) is 9.49. The SMILES string of the molecule is Cc1ccc2c(c1)[C@H]1CNCC(=O)N1CC2. The summed E-state index contributed by atoms with van der Waals surface area (Å²) in [5.74, 6) is 0.239. The fourth-order valence-electron chi connectivity index (χ4n) is 2.75. The normalized spacial score (nSPS) is 23.9. The van der Waals surface area contributed by atoms with Gasteiger partial charge in [-0.3, -0.25) is 4.79 Å². The maximum absolute atomic E-state index is 11.8. The molecule has 0 spiro atoms. The first-order valence-electron chi connectivity index (χ1n) is 5.85. The van der Waals surface area contributed by atoms with E-state index < -0.39 is 0 Å². The summed E-state index contributed by atoms with van der Waals surface area (Å²) in [5.41, 5.74) is 4.02. The predicted octanol–water partition coefficient (Wildman–Crippen LogP) is 1.02. The lowest BCUT2D eigenvalue weighted by atomic mass is 9.90. The molecule has 1 aromatic rings. The number of amides is 1. The summed E-state index contributed by atoms with van der Waals surface area (Å²) >= 11 is 0. The highest BCUT2D eigenvalue weighted by Gasteiger charge is 2.33. The second-order valence-electron chi connectivity index (χ2n) is 4.69. The number of carbonyl (C=O) groups is 1. The van der Waals surface area contributed by atoms with Crippen LogP contribution in [-0.4, -0.2) is 30.4 Å². The van der Waals surface area contributed by atoms with Crippen LogP contribution in [0.3, 0.4) is 0 Å². The van der Waals surface area contributed by atoms with Crippen LogP contribution >= 0.6 is 0 Å². The molecule has 3 nitrogen and oxygen atoms in total. The Kier molecular flexibility index (Phi) is 2.21. The van der Waals surface area contributed by atoms with Crippen LogP contribution in [0.25, 0.3) is 0 Å². The Morgan fingerprint density at radius 3 is 3.19 bits per heavy atom. The zero-order valence-corrected chi connectivity index (χ0v) is 9.49. The number of piperazine rings is 1. The summed E-state index contributed by atoms with van der Waals surface area (Å²) in [6.45, 7) is 4.37. The van der Waals surface area contributed by atoms with Crippen molar-refractivity contribution in [2.24, 2.45) is 0 Å².